The van der Waals surface area contributed by atoms with E-state index in [0.717, 1.165) is 6.54 Å². The molecule has 1 aromatic rings. The van der Waals surface area contributed by atoms with Crippen molar-refractivity contribution in [2.75, 3.05) is 19.6 Å². The van der Waals surface area contributed by atoms with Gasteiger partial charge in [-0.2, -0.15) is 0 Å². The van der Waals surface area contributed by atoms with Gasteiger partial charge in [0, 0.05) is 11.4 Å². The topological polar surface area (TPSA) is 29.3 Å². The van der Waals surface area contributed by atoms with E-state index in [9.17, 15) is 0 Å². The maximum Gasteiger partial charge on any atom is 0.0564 e. The first-order valence-corrected chi connectivity index (χ1v) is 5.77. The van der Waals surface area contributed by atoms with E-state index in [0.29, 0.717) is 6.04 Å². The first-order chi connectivity index (χ1) is 6.42. The molecule has 0 aromatic carbocycles. The number of nitrogens with zero attached hydrogens (tertiary/aromatic N) is 1. The lowest BCUT2D eigenvalue weighted by molar-refractivity contribution is 0.255. The van der Waals surface area contributed by atoms with Gasteiger partial charge in [0.1, 0.15) is 0 Å². The Labute approximate surface area is 83.4 Å². The minimum atomic E-state index is 0.475. The molecule has 2 heterocycles. The fourth-order valence-corrected chi connectivity index (χ4v) is 2.85. The van der Waals surface area contributed by atoms with Gasteiger partial charge >= 0.3 is 0 Å². The largest absolute Gasteiger partial charge is 0.329 e. The molecule has 1 aliphatic rings. The summed E-state index contributed by atoms with van der Waals surface area (Å²) in [4.78, 5) is 3.93. The highest BCUT2D eigenvalue weighted by Crippen LogP contribution is 2.27. The molecule has 2 N–H and O–H groups in total. The second-order valence-corrected chi connectivity index (χ2v) is 4.49. The van der Waals surface area contributed by atoms with E-state index in [2.05, 4.69) is 22.4 Å². The predicted octanol–water partition coefficient (Wildman–Crippen LogP) is 1.84. The summed E-state index contributed by atoms with van der Waals surface area (Å²) in [5.74, 6) is 0. The molecule has 13 heavy (non-hydrogen) atoms. The molecule has 1 aromatic heterocycles. The first-order valence-electron chi connectivity index (χ1n) is 4.89. The third-order valence-electron chi connectivity index (χ3n) is 2.68. The summed E-state index contributed by atoms with van der Waals surface area (Å²) in [6, 6.07) is 4.78. The quantitative estimate of drug-likeness (QED) is 0.799. The van der Waals surface area contributed by atoms with Gasteiger partial charge in [0.15, 0.2) is 0 Å². The number of likely N-dealkylation sites (tertiary alicyclic amines) is 1. The third-order valence-corrected chi connectivity index (χ3v) is 3.65. The van der Waals surface area contributed by atoms with Crippen molar-refractivity contribution in [2.45, 2.75) is 18.9 Å². The highest BCUT2D eigenvalue weighted by atomic mass is 32.1. The van der Waals surface area contributed by atoms with Crippen molar-refractivity contribution in [1.82, 2.24) is 4.90 Å². The number of thiophene rings is 1. The van der Waals surface area contributed by atoms with Crippen molar-refractivity contribution in [3.05, 3.63) is 22.4 Å². The summed E-state index contributed by atoms with van der Waals surface area (Å²) in [5.41, 5.74) is 5.81. The van der Waals surface area contributed by atoms with Crippen LogP contribution in [0.4, 0.5) is 0 Å². The number of nitrogens with two attached hydrogens (primary N) is 1. The summed E-state index contributed by atoms with van der Waals surface area (Å²) in [6.45, 7) is 3.19. The van der Waals surface area contributed by atoms with E-state index >= 15 is 0 Å². The van der Waals surface area contributed by atoms with Crippen LogP contribution >= 0.6 is 11.3 Å². The van der Waals surface area contributed by atoms with Crippen molar-refractivity contribution in [1.29, 1.82) is 0 Å². The molecule has 0 amide bonds. The summed E-state index contributed by atoms with van der Waals surface area (Å²) < 4.78 is 0. The van der Waals surface area contributed by atoms with Gasteiger partial charge in [-0.1, -0.05) is 6.07 Å². The lowest BCUT2D eigenvalue weighted by Gasteiger charge is -2.24. The second-order valence-electron chi connectivity index (χ2n) is 3.51. The Hall–Kier alpha value is -0.380. The van der Waals surface area contributed by atoms with Gasteiger partial charge in [-0.05, 0) is 37.4 Å². The monoisotopic (exact) mass is 196 g/mol. The van der Waals surface area contributed by atoms with Crippen molar-refractivity contribution in [2.24, 2.45) is 5.73 Å². The normalized spacial score (nSPS) is 20.7. The van der Waals surface area contributed by atoms with Crippen LogP contribution in [0.3, 0.4) is 0 Å². The van der Waals surface area contributed by atoms with Gasteiger partial charge < -0.3 is 5.73 Å². The van der Waals surface area contributed by atoms with Gasteiger partial charge in [-0.25, -0.2) is 0 Å². The molecule has 2 nitrogen and oxygen atoms in total. The zero-order valence-electron chi connectivity index (χ0n) is 7.78. The molecule has 0 radical (unpaired) electrons. The molecule has 3 heteroatoms. The van der Waals surface area contributed by atoms with Gasteiger partial charge in [0.05, 0.1) is 6.04 Å². The summed E-state index contributed by atoms with van der Waals surface area (Å²) in [7, 11) is 0. The average molecular weight is 196 g/mol. The number of rotatable bonds is 3. The molecule has 1 atom stereocenters. The fraction of sp³-hybridized carbons (Fsp3) is 0.600. The van der Waals surface area contributed by atoms with E-state index in [1.165, 1.54) is 30.8 Å². The molecule has 0 spiro atoms. The molecule has 1 aliphatic heterocycles. The Bertz CT molecular complexity index is 239. The fourth-order valence-electron chi connectivity index (χ4n) is 1.98. The Morgan fingerprint density at radius 2 is 2.23 bits per heavy atom. The van der Waals surface area contributed by atoms with E-state index in [1.807, 2.05) is 11.3 Å². The predicted molar refractivity (Wildman–Crippen MR) is 56.9 cm³/mol. The van der Waals surface area contributed by atoms with Crippen molar-refractivity contribution < 1.29 is 0 Å². The van der Waals surface area contributed by atoms with Gasteiger partial charge in [-0.15, -0.1) is 11.3 Å². The standard InChI is InChI=1S/C10H16N2S/c11-8-9(10-4-3-7-13-10)12-5-1-2-6-12/h3-4,7,9H,1-2,5-6,8,11H2. The summed E-state index contributed by atoms with van der Waals surface area (Å²) in [6.07, 6.45) is 2.67. The van der Waals surface area contributed by atoms with Gasteiger partial charge in [-0.3, -0.25) is 4.90 Å². The smallest absolute Gasteiger partial charge is 0.0564 e. The minimum absolute atomic E-state index is 0.475. The molecule has 72 valence electrons. The van der Waals surface area contributed by atoms with Crippen LogP contribution in [0.5, 0.6) is 0 Å². The van der Waals surface area contributed by atoms with Gasteiger partial charge in [0.2, 0.25) is 0 Å². The van der Waals surface area contributed by atoms with Crippen molar-refractivity contribution >= 4 is 11.3 Å². The molecular formula is C10H16N2S. The summed E-state index contributed by atoms with van der Waals surface area (Å²) >= 11 is 1.82. The van der Waals surface area contributed by atoms with Crippen molar-refractivity contribution in [3.63, 3.8) is 0 Å². The SMILES string of the molecule is NCC(c1cccs1)N1CCCC1. The molecule has 1 unspecified atom stereocenters. The molecule has 1 saturated heterocycles. The average Bonchev–Trinajstić information content (AvgIpc) is 2.76. The second kappa shape index (κ2) is 4.22. The zero-order valence-corrected chi connectivity index (χ0v) is 8.59. The van der Waals surface area contributed by atoms with Crippen LogP contribution in [0.25, 0.3) is 0 Å². The maximum atomic E-state index is 5.81. The van der Waals surface area contributed by atoms with Crippen LogP contribution in [0, 0.1) is 0 Å². The Morgan fingerprint density at radius 3 is 2.77 bits per heavy atom. The van der Waals surface area contributed by atoms with Crippen LogP contribution in [0.15, 0.2) is 17.5 Å². The van der Waals surface area contributed by atoms with Crippen LogP contribution in [0.2, 0.25) is 0 Å². The molecule has 0 bridgehead atoms. The highest BCUT2D eigenvalue weighted by Gasteiger charge is 2.22. The molecule has 0 aliphatic carbocycles. The van der Waals surface area contributed by atoms with Gasteiger partial charge in [0.25, 0.3) is 0 Å². The lowest BCUT2D eigenvalue weighted by Crippen LogP contribution is -2.30. The van der Waals surface area contributed by atoms with E-state index in [4.69, 9.17) is 5.73 Å². The summed E-state index contributed by atoms with van der Waals surface area (Å²) in [5, 5.41) is 2.13. The van der Waals surface area contributed by atoms with E-state index < -0.39 is 0 Å². The van der Waals surface area contributed by atoms with E-state index in [1.54, 1.807) is 0 Å². The third kappa shape index (κ3) is 1.93. The van der Waals surface area contributed by atoms with Crippen LogP contribution in [0.1, 0.15) is 23.8 Å². The van der Waals surface area contributed by atoms with Crippen LogP contribution in [-0.2, 0) is 0 Å². The zero-order chi connectivity index (χ0) is 9.10. The van der Waals surface area contributed by atoms with Crippen LogP contribution in [-0.4, -0.2) is 24.5 Å². The van der Waals surface area contributed by atoms with Crippen LogP contribution < -0.4 is 5.73 Å². The Morgan fingerprint density at radius 1 is 1.46 bits per heavy atom. The number of hydrogen-bond acceptors (Lipinski definition) is 3. The number of hydrogen-bond donors (Lipinski definition) is 1. The minimum Gasteiger partial charge on any atom is -0.329 e. The molecule has 0 saturated carbocycles. The highest BCUT2D eigenvalue weighted by molar-refractivity contribution is 7.10. The Balaban J connectivity index is 2.08. The lowest BCUT2D eigenvalue weighted by atomic mass is 10.2. The van der Waals surface area contributed by atoms with Crippen molar-refractivity contribution in [3.8, 4) is 0 Å². The Kier molecular flexibility index (Phi) is 2.98. The maximum absolute atomic E-state index is 5.81. The molecule has 2 rings (SSSR count). The first kappa shape index (κ1) is 9.19. The van der Waals surface area contributed by atoms with E-state index in [-0.39, 0.29) is 0 Å². The molecule has 1 fully saturated rings. The molecular weight excluding hydrogens is 180 g/mol.